The number of rotatable bonds is 8. The van der Waals surface area contributed by atoms with Crippen LogP contribution in [0.4, 0.5) is 15.8 Å². The van der Waals surface area contributed by atoms with Gasteiger partial charge in [0.2, 0.25) is 5.91 Å². The van der Waals surface area contributed by atoms with Crippen LogP contribution in [0, 0.1) is 12.7 Å². The van der Waals surface area contributed by atoms with E-state index in [0.29, 0.717) is 27.8 Å². The lowest BCUT2D eigenvalue weighted by Gasteiger charge is -2.24. The van der Waals surface area contributed by atoms with Crippen LogP contribution in [-0.2, 0) is 16.8 Å². The minimum absolute atomic E-state index is 0.0324. The molecule has 0 radical (unpaired) electrons. The lowest BCUT2D eigenvalue weighted by molar-refractivity contribution is -0.115. The molecule has 2 aromatic carbocycles. The number of aryl methyl sites for hydroxylation is 1. The molecule has 0 atom stereocenters. The van der Waals surface area contributed by atoms with E-state index in [2.05, 4.69) is 20.1 Å². The number of nitrogens with one attached hydrogen (secondary N) is 2. The van der Waals surface area contributed by atoms with E-state index in [0.717, 1.165) is 16.6 Å². The van der Waals surface area contributed by atoms with Crippen molar-refractivity contribution in [2.45, 2.75) is 64.2 Å². The monoisotopic (exact) mass is 533 g/mol. The van der Waals surface area contributed by atoms with Gasteiger partial charge in [0.1, 0.15) is 5.75 Å². The van der Waals surface area contributed by atoms with Gasteiger partial charge in [-0.3, -0.25) is 14.5 Å². The quantitative estimate of drug-likeness (QED) is 0.233. The molecule has 1 saturated carbocycles. The van der Waals surface area contributed by atoms with Gasteiger partial charge in [-0.2, -0.15) is 5.10 Å². The molecule has 1 amide bonds. The van der Waals surface area contributed by atoms with Gasteiger partial charge >= 0.3 is 0 Å². The zero-order valence-corrected chi connectivity index (χ0v) is 22.9. The number of halogens is 1. The Kier molecular flexibility index (Phi) is 7.29. The highest BCUT2D eigenvalue weighted by Crippen LogP contribution is 2.36. The number of aromatic nitrogens is 3. The van der Waals surface area contributed by atoms with E-state index < -0.39 is 5.82 Å². The van der Waals surface area contributed by atoms with Gasteiger partial charge in [-0.05, 0) is 93.9 Å². The zero-order valence-electron chi connectivity index (χ0n) is 22.0. The molecule has 2 heterocycles. The number of nitrogens with zero attached hydrogens (tertiary/aromatic N) is 3. The Morgan fingerprint density at radius 3 is 2.68 bits per heavy atom. The summed E-state index contributed by atoms with van der Waals surface area (Å²) >= 11 is 1.74. The normalized spacial score (nSPS) is 13.8. The summed E-state index contributed by atoms with van der Waals surface area (Å²) in [5, 5.41) is 8.57. The van der Waals surface area contributed by atoms with E-state index in [1.165, 1.54) is 25.3 Å². The Hall–Kier alpha value is -3.59. The van der Waals surface area contributed by atoms with E-state index in [-0.39, 0.29) is 23.6 Å². The Morgan fingerprint density at radius 1 is 1.18 bits per heavy atom. The van der Waals surface area contributed by atoms with E-state index in [9.17, 15) is 4.79 Å². The number of hydrogen-bond acceptors (Lipinski definition) is 6. The second-order valence-corrected chi connectivity index (χ2v) is 11.8. The van der Waals surface area contributed by atoms with Gasteiger partial charge in [-0.15, -0.1) is 0 Å². The lowest BCUT2D eigenvalue weighted by atomic mass is 10.0. The molecule has 4 aromatic rings. The van der Waals surface area contributed by atoms with E-state index in [1.54, 1.807) is 54.3 Å². The van der Waals surface area contributed by atoms with Gasteiger partial charge in [-0.25, -0.2) is 4.39 Å². The van der Waals surface area contributed by atoms with Crippen molar-refractivity contribution in [2.75, 3.05) is 10.0 Å². The summed E-state index contributed by atoms with van der Waals surface area (Å²) in [4.78, 5) is 17.0. The summed E-state index contributed by atoms with van der Waals surface area (Å²) in [6.45, 7) is 7.86. The predicted octanol–water partition coefficient (Wildman–Crippen LogP) is 7.22. The molecule has 0 unspecified atom stereocenters. The summed E-state index contributed by atoms with van der Waals surface area (Å²) in [6.07, 6.45) is 8.84. The number of carbonyl (C=O) groups is 1. The molecule has 2 aromatic heterocycles. The van der Waals surface area contributed by atoms with Crippen molar-refractivity contribution < 1.29 is 13.9 Å². The Morgan fingerprint density at radius 2 is 2.00 bits per heavy atom. The number of hydrogen-bond donors (Lipinski definition) is 2. The fourth-order valence-corrected chi connectivity index (χ4v) is 5.20. The molecule has 0 spiro atoms. The first-order chi connectivity index (χ1) is 18.2. The molecule has 1 aliphatic rings. The molecule has 9 heteroatoms. The highest BCUT2D eigenvalue weighted by atomic mass is 32.2. The number of benzene rings is 2. The molecule has 0 bridgehead atoms. The fraction of sp³-hybridized carbons (Fsp3) is 0.345. The van der Waals surface area contributed by atoms with Crippen LogP contribution < -0.4 is 14.8 Å². The van der Waals surface area contributed by atoms with Crippen LogP contribution in [-0.4, -0.2) is 25.9 Å². The van der Waals surface area contributed by atoms with Gasteiger partial charge in [0, 0.05) is 28.7 Å². The van der Waals surface area contributed by atoms with Gasteiger partial charge in [0.25, 0.3) is 0 Å². The first kappa shape index (κ1) is 26.0. The third-order valence-electron chi connectivity index (χ3n) is 6.52. The SMILES string of the molecule is Cc1cc(CC(=O)Nc2cnn(C(C)(C)C)c2)cc(F)c1Oc1ccnc2ccc(NSC3CCC3)cc12. The number of anilines is 2. The van der Waals surface area contributed by atoms with Gasteiger partial charge in [0.15, 0.2) is 11.6 Å². The van der Waals surface area contributed by atoms with Crippen LogP contribution in [0.1, 0.15) is 51.2 Å². The molecule has 0 saturated heterocycles. The van der Waals surface area contributed by atoms with Gasteiger partial charge in [-0.1, -0.05) is 12.5 Å². The molecule has 1 aliphatic carbocycles. The summed E-state index contributed by atoms with van der Waals surface area (Å²) in [6, 6.07) is 10.8. The highest BCUT2D eigenvalue weighted by molar-refractivity contribution is 8.01. The minimum Gasteiger partial charge on any atom is -0.453 e. The maximum absolute atomic E-state index is 15.2. The van der Waals surface area contributed by atoms with Crippen molar-refractivity contribution in [2.24, 2.45) is 0 Å². The molecule has 2 N–H and O–H groups in total. The molecular weight excluding hydrogens is 501 g/mol. The van der Waals surface area contributed by atoms with E-state index >= 15 is 4.39 Å². The van der Waals surface area contributed by atoms with Crippen molar-refractivity contribution in [1.82, 2.24) is 14.8 Å². The number of carbonyl (C=O) groups excluding carboxylic acids is 1. The molecule has 38 heavy (non-hydrogen) atoms. The predicted molar refractivity (Wildman–Crippen MR) is 151 cm³/mol. The third-order valence-corrected chi connectivity index (χ3v) is 7.67. The maximum Gasteiger partial charge on any atom is 0.228 e. The summed E-state index contributed by atoms with van der Waals surface area (Å²) in [7, 11) is 0. The Labute approximate surface area is 226 Å². The van der Waals surface area contributed by atoms with Crippen molar-refractivity contribution >= 4 is 40.1 Å². The number of pyridine rings is 1. The fourth-order valence-electron chi connectivity index (χ4n) is 4.20. The number of fused-ring (bicyclic) bond motifs is 1. The van der Waals surface area contributed by atoms with Gasteiger partial charge in [0.05, 0.1) is 29.4 Å². The molecular formula is C29H32FN5O2S. The van der Waals surface area contributed by atoms with Crippen LogP contribution in [0.15, 0.2) is 55.0 Å². The maximum atomic E-state index is 15.2. The summed E-state index contributed by atoms with van der Waals surface area (Å²) in [5.41, 5.74) is 3.31. The second-order valence-electron chi connectivity index (χ2n) is 10.7. The number of amides is 1. The summed E-state index contributed by atoms with van der Waals surface area (Å²) in [5.74, 6) is -0.107. The smallest absolute Gasteiger partial charge is 0.228 e. The van der Waals surface area contributed by atoms with Crippen LogP contribution >= 0.6 is 11.9 Å². The Bertz CT molecular complexity index is 1450. The van der Waals surface area contributed by atoms with Crippen LogP contribution in [0.2, 0.25) is 0 Å². The van der Waals surface area contributed by atoms with E-state index in [4.69, 9.17) is 4.74 Å². The van der Waals surface area contributed by atoms with Crippen LogP contribution in [0.5, 0.6) is 11.5 Å². The van der Waals surface area contributed by atoms with Crippen molar-refractivity contribution in [3.8, 4) is 11.5 Å². The molecule has 0 aliphatic heterocycles. The van der Waals surface area contributed by atoms with Gasteiger partial charge < -0.3 is 14.8 Å². The molecule has 198 valence electrons. The van der Waals surface area contributed by atoms with Crippen molar-refractivity contribution in [3.05, 3.63) is 71.9 Å². The van der Waals surface area contributed by atoms with E-state index in [1.807, 2.05) is 39.0 Å². The highest BCUT2D eigenvalue weighted by Gasteiger charge is 2.19. The number of ether oxygens (including phenoxy) is 1. The van der Waals surface area contributed by atoms with Crippen LogP contribution in [0.25, 0.3) is 10.9 Å². The third kappa shape index (κ3) is 5.93. The lowest BCUT2D eigenvalue weighted by Crippen LogP contribution is -2.22. The second kappa shape index (κ2) is 10.6. The van der Waals surface area contributed by atoms with Crippen LogP contribution in [0.3, 0.4) is 0 Å². The van der Waals surface area contributed by atoms with Crippen molar-refractivity contribution in [1.29, 1.82) is 0 Å². The molecule has 5 rings (SSSR count). The largest absolute Gasteiger partial charge is 0.453 e. The zero-order chi connectivity index (χ0) is 26.9. The molecule has 7 nitrogen and oxygen atoms in total. The van der Waals surface area contributed by atoms with Crippen molar-refractivity contribution in [3.63, 3.8) is 0 Å². The molecule has 1 fully saturated rings. The first-order valence-corrected chi connectivity index (χ1v) is 13.7. The average molecular weight is 534 g/mol. The topological polar surface area (TPSA) is 81.1 Å². The average Bonchev–Trinajstić information content (AvgIpc) is 3.29. The first-order valence-electron chi connectivity index (χ1n) is 12.8. The minimum atomic E-state index is -0.520. The summed E-state index contributed by atoms with van der Waals surface area (Å²) < 4.78 is 26.5. The Balaban J connectivity index is 1.30. The standard InChI is InChI=1S/C29H32FN5O2S/c1-18-12-19(14-27(36)33-21-16-32-35(17-21)29(2,3)4)13-24(30)28(18)37-26-10-11-31-25-9-8-20(15-23(25)26)34-38-22-6-5-7-22/h8-13,15-17,22,34H,5-7,14H2,1-4H3,(H,33,36).